The van der Waals surface area contributed by atoms with Crippen molar-refractivity contribution in [2.45, 2.75) is 19.5 Å². The number of hydrogen-bond acceptors (Lipinski definition) is 1. The fourth-order valence-corrected chi connectivity index (χ4v) is 2.37. The lowest BCUT2D eigenvalue weighted by Crippen LogP contribution is -2.13. The lowest BCUT2D eigenvalue weighted by molar-refractivity contribution is 0.621. The Bertz CT molecular complexity index is 545. The summed E-state index contributed by atoms with van der Waals surface area (Å²) in [6.07, 6.45) is 0. The number of rotatable bonds is 1. The monoisotopic (exact) mass is 227 g/mol. The molecule has 0 bridgehead atoms. The summed E-state index contributed by atoms with van der Waals surface area (Å²) in [4.78, 5) is 0. The SMILES string of the molecule is Cc1ccc(C2NCc3ccc(F)cc32)cc1. The molecule has 1 atom stereocenters. The van der Waals surface area contributed by atoms with Crippen LogP contribution in [0.15, 0.2) is 42.5 Å². The van der Waals surface area contributed by atoms with Gasteiger partial charge in [0.05, 0.1) is 6.04 Å². The number of nitrogens with one attached hydrogen (secondary N) is 1. The summed E-state index contributed by atoms with van der Waals surface area (Å²) in [5.41, 5.74) is 4.69. The largest absolute Gasteiger partial charge is 0.302 e. The van der Waals surface area contributed by atoms with E-state index in [4.69, 9.17) is 0 Å². The lowest BCUT2D eigenvalue weighted by atomic mass is 9.98. The van der Waals surface area contributed by atoms with Gasteiger partial charge in [-0.2, -0.15) is 0 Å². The molecule has 17 heavy (non-hydrogen) atoms. The van der Waals surface area contributed by atoms with Crippen molar-refractivity contribution >= 4 is 0 Å². The van der Waals surface area contributed by atoms with Crippen molar-refractivity contribution in [1.29, 1.82) is 0 Å². The van der Waals surface area contributed by atoms with Crippen LogP contribution in [-0.2, 0) is 6.54 Å². The Kier molecular flexibility index (Phi) is 2.45. The summed E-state index contributed by atoms with van der Waals surface area (Å²) in [5, 5.41) is 3.42. The molecule has 0 fully saturated rings. The zero-order valence-corrected chi connectivity index (χ0v) is 9.70. The van der Waals surface area contributed by atoms with Crippen LogP contribution in [0.4, 0.5) is 4.39 Å². The van der Waals surface area contributed by atoms with Gasteiger partial charge in [0.2, 0.25) is 0 Å². The maximum atomic E-state index is 13.3. The standard InChI is InChI=1S/C15H14FN/c1-10-2-4-11(5-3-10)15-14-8-13(16)7-6-12(14)9-17-15/h2-8,15,17H,9H2,1H3. The van der Waals surface area contributed by atoms with E-state index in [1.807, 2.05) is 6.07 Å². The van der Waals surface area contributed by atoms with Gasteiger partial charge in [0, 0.05) is 6.54 Å². The second-order valence-corrected chi connectivity index (χ2v) is 4.57. The Morgan fingerprint density at radius 2 is 1.88 bits per heavy atom. The van der Waals surface area contributed by atoms with E-state index >= 15 is 0 Å². The molecular formula is C15H14FN. The van der Waals surface area contributed by atoms with Gasteiger partial charge in [0.1, 0.15) is 5.82 Å². The first-order valence-corrected chi connectivity index (χ1v) is 5.82. The van der Waals surface area contributed by atoms with Crippen LogP contribution in [0, 0.1) is 12.7 Å². The minimum absolute atomic E-state index is 0.126. The predicted octanol–water partition coefficient (Wildman–Crippen LogP) is 3.33. The van der Waals surface area contributed by atoms with Crippen molar-refractivity contribution in [3.05, 3.63) is 70.5 Å². The van der Waals surface area contributed by atoms with Crippen LogP contribution < -0.4 is 5.32 Å². The highest BCUT2D eigenvalue weighted by Gasteiger charge is 2.23. The first kappa shape index (κ1) is 10.5. The predicted molar refractivity (Wildman–Crippen MR) is 66.3 cm³/mol. The van der Waals surface area contributed by atoms with E-state index in [9.17, 15) is 4.39 Å². The van der Waals surface area contributed by atoms with Gasteiger partial charge in [-0.1, -0.05) is 35.9 Å². The number of halogens is 1. The Morgan fingerprint density at radius 1 is 1.12 bits per heavy atom. The summed E-state index contributed by atoms with van der Waals surface area (Å²) in [7, 11) is 0. The highest BCUT2D eigenvalue weighted by Crippen LogP contribution is 2.31. The minimum atomic E-state index is -0.162. The van der Waals surface area contributed by atoms with Gasteiger partial charge in [0.25, 0.3) is 0 Å². The Hall–Kier alpha value is -1.67. The zero-order valence-electron chi connectivity index (χ0n) is 9.70. The molecule has 1 unspecified atom stereocenters. The van der Waals surface area contributed by atoms with Gasteiger partial charge in [-0.25, -0.2) is 4.39 Å². The van der Waals surface area contributed by atoms with E-state index in [0.717, 1.165) is 12.1 Å². The third-order valence-corrected chi connectivity index (χ3v) is 3.33. The molecule has 0 saturated carbocycles. The number of hydrogen-bond donors (Lipinski definition) is 1. The van der Waals surface area contributed by atoms with Crippen LogP contribution in [0.5, 0.6) is 0 Å². The molecule has 1 aliphatic rings. The third kappa shape index (κ3) is 1.85. The van der Waals surface area contributed by atoms with E-state index in [1.54, 1.807) is 6.07 Å². The maximum Gasteiger partial charge on any atom is 0.123 e. The number of benzene rings is 2. The van der Waals surface area contributed by atoms with Gasteiger partial charge in [-0.05, 0) is 35.7 Å². The average Bonchev–Trinajstić information content (AvgIpc) is 2.73. The summed E-state index contributed by atoms with van der Waals surface area (Å²) >= 11 is 0. The first-order valence-electron chi connectivity index (χ1n) is 5.82. The number of aryl methyl sites for hydroxylation is 1. The van der Waals surface area contributed by atoms with Crippen LogP contribution in [-0.4, -0.2) is 0 Å². The minimum Gasteiger partial charge on any atom is -0.302 e. The molecule has 0 amide bonds. The molecule has 1 nitrogen and oxygen atoms in total. The van der Waals surface area contributed by atoms with E-state index in [1.165, 1.54) is 22.8 Å². The smallest absolute Gasteiger partial charge is 0.123 e. The van der Waals surface area contributed by atoms with Crippen LogP contribution in [0.25, 0.3) is 0 Å². The fraction of sp³-hybridized carbons (Fsp3) is 0.200. The molecule has 0 aromatic heterocycles. The summed E-state index contributed by atoms with van der Waals surface area (Å²) in [6, 6.07) is 13.5. The molecular weight excluding hydrogens is 213 g/mol. The van der Waals surface area contributed by atoms with E-state index in [-0.39, 0.29) is 11.9 Å². The summed E-state index contributed by atoms with van der Waals surface area (Å²) < 4.78 is 13.3. The molecule has 3 rings (SSSR count). The molecule has 1 N–H and O–H groups in total. The Balaban J connectivity index is 2.03. The second kappa shape index (κ2) is 3.97. The van der Waals surface area contributed by atoms with Gasteiger partial charge >= 0.3 is 0 Å². The van der Waals surface area contributed by atoms with Crippen molar-refractivity contribution < 1.29 is 4.39 Å². The molecule has 0 spiro atoms. The van der Waals surface area contributed by atoms with Crippen molar-refractivity contribution in [2.24, 2.45) is 0 Å². The van der Waals surface area contributed by atoms with Crippen LogP contribution in [0.3, 0.4) is 0 Å². The molecule has 2 aromatic carbocycles. The lowest BCUT2D eigenvalue weighted by Gasteiger charge is -2.13. The van der Waals surface area contributed by atoms with E-state index in [2.05, 4.69) is 36.5 Å². The average molecular weight is 227 g/mol. The second-order valence-electron chi connectivity index (χ2n) is 4.57. The van der Waals surface area contributed by atoms with Gasteiger partial charge in [0.15, 0.2) is 0 Å². The van der Waals surface area contributed by atoms with Crippen LogP contribution >= 0.6 is 0 Å². The zero-order chi connectivity index (χ0) is 11.8. The van der Waals surface area contributed by atoms with Crippen molar-refractivity contribution in [3.63, 3.8) is 0 Å². The molecule has 0 radical (unpaired) electrons. The molecule has 0 saturated heterocycles. The van der Waals surface area contributed by atoms with Gasteiger partial charge in [-0.3, -0.25) is 0 Å². The Morgan fingerprint density at radius 3 is 2.65 bits per heavy atom. The first-order chi connectivity index (χ1) is 8.24. The van der Waals surface area contributed by atoms with E-state index in [0.29, 0.717) is 0 Å². The molecule has 2 heteroatoms. The van der Waals surface area contributed by atoms with Crippen molar-refractivity contribution in [1.82, 2.24) is 5.32 Å². The highest BCUT2D eigenvalue weighted by molar-refractivity contribution is 5.41. The number of fused-ring (bicyclic) bond motifs is 1. The van der Waals surface area contributed by atoms with Crippen LogP contribution in [0.2, 0.25) is 0 Å². The molecule has 1 aliphatic heterocycles. The normalized spacial score (nSPS) is 18.1. The van der Waals surface area contributed by atoms with E-state index < -0.39 is 0 Å². The fourth-order valence-electron chi connectivity index (χ4n) is 2.37. The summed E-state index contributed by atoms with van der Waals surface area (Å²) in [6.45, 7) is 2.88. The molecule has 1 heterocycles. The quantitative estimate of drug-likeness (QED) is 0.788. The topological polar surface area (TPSA) is 12.0 Å². The summed E-state index contributed by atoms with van der Waals surface area (Å²) in [5.74, 6) is -0.162. The van der Waals surface area contributed by atoms with Gasteiger partial charge in [-0.15, -0.1) is 0 Å². The third-order valence-electron chi connectivity index (χ3n) is 3.33. The highest BCUT2D eigenvalue weighted by atomic mass is 19.1. The van der Waals surface area contributed by atoms with Crippen molar-refractivity contribution in [3.8, 4) is 0 Å². The molecule has 86 valence electrons. The van der Waals surface area contributed by atoms with Crippen LogP contribution in [0.1, 0.15) is 28.3 Å². The van der Waals surface area contributed by atoms with Gasteiger partial charge < -0.3 is 5.32 Å². The molecule has 0 aliphatic carbocycles. The Labute approximate surface area is 100 Å². The van der Waals surface area contributed by atoms with Crippen molar-refractivity contribution in [2.75, 3.05) is 0 Å². The molecule has 2 aromatic rings. The maximum absolute atomic E-state index is 13.3.